The van der Waals surface area contributed by atoms with Crippen LogP contribution < -0.4 is 11.5 Å². The Balaban J connectivity index is 2.16. The monoisotopic (exact) mass is 313 g/mol. The Bertz CT molecular complexity index is 538. The van der Waals surface area contributed by atoms with Crippen LogP contribution in [0.15, 0.2) is 18.2 Å². The average molecular weight is 314 g/mol. The van der Waals surface area contributed by atoms with Crippen LogP contribution in [-0.4, -0.2) is 41.6 Å². The molecule has 1 atom stereocenters. The molecule has 5 nitrogen and oxygen atoms in total. The lowest BCUT2D eigenvalue weighted by Gasteiger charge is -2.33. The third-order valence-corrected chi connectivity index (χ3v) is 3.87. The minimum Gasteiger partial charge on any atom is -0.389 e. The third-order valence-electron chi connectivity index (χ3n) is 3.28. The summed E-state index contributed by atoms with van der Waals surface area (Å²) in [5, 5.41) is 0.574. The SMILES string of the molecule is NC(=O)C1COCCN1Cc1ccc(C(N)=S)cc1Cl. The maximum absolute atomic E-state index is 11.4. The number of ether oxygens (including phenoxy) is 1. The van der Waals surface area contributed by atoms with Crippen LogP contribution in [0.25, 0.3) is 0 Å². The molecule has 1 saturated heterocycles. The number of nitrogens with zero attached hydrogens (tertiary/aromatic N) is 1. The highest BCUT2D eigenvalue weighted by Gasteiger charge is 2.27. The first-order valence-electron chi connectivity index (χ1n) is 6.18. The number of amides is 1. The van der Waals surface area contributed by atoms with Crippen molar-refractivity contribution in [1.82, 2.24) is 4.90 Å². The number of thiocarbonyl (C=S) groups is 1. The first-order valence-corrected chi connectivity index (χ1v) is 6.97. The Hall–Kier alpha value is -1.21. The lowest BCUT2D eigenvalue weighted by atomic mass is 10.1. The molecule has 1 amide bonds. The molecule has 108 valence electrons. The summed E-state index contributed by atoms with van der Waals surface area (Å²) in [4.78, 5) is 13.7. The fraction of sp³-hybridized carbons (Fsp3) is 0.385. The van der Waals surface area contributed by atoms with Gasteiger partial charge in [-0.05, 0) is 11.6 Å². The number of hydrogen-bond acceptors (Lipinski definition) is 4. The standard InChI is InChI=1S/C13H16ClN3O2S/c14-10-5-8(13(16)20)1-2-9(10)6-17-3-4-19-7-11(17)12(15)18/h1-2,5,11H,3-4,6-7H2,(H2,15,18)(H2,16,20). The van der Waals surface area contributed by atoms with Crippen LogP contribution in [0, 0.1) is 0 Å². The second kappa shape index (κ2) is 6.49. The summed E-state index contributed by atoms with van der Waals surface area (Å²) in [7, 11) is 0. The molecule has 1 aromatic rings. The Morgan fingerprint density at radius 3 is 2.85 bits per heavy atom. The first kappa shape index (κ1) is 15.2. The molecule has 0 spiro atoms. The Morgan fingerprint density at radius 2 is 2.25 bits per heavy atom. The molecule has 0 bridgehead atoms. The van der Waals surface area contributed by atoms with Gasteiger partial charge in [0.1, 0.15) is 11.0 Å². The fourth-order valence-electron chi connectivity index (χ4n) is 2.14. The quantitative estimate of drug-likeness (QED) is 0.798. The van der Waals surface area contributed by atoms with Crippen LogP contribution in [-0.2, 0) is 16.1 Å². The number of carbonyl (C=O) groups excluding carboxylic acids is 1. The van der Waals surface area contributed by atoms with Crippen molar-refractivity contribution in [3.05, 3.63) is 34.3 Å². The van der Waals surface area contributed by atoms with E-state index in [9.17, 15) is 4.79 Å². The van der Waals surface area contributed by atoms with Gasteiger partial charge in [0.15, 0.2) is 0 Å². The van der Waals surface area contributed by atoms with Crippen molar-refractivity contribution in [3.8, 4) is 0 Å². The van der Waals surface area contributed by atoms with Crippen LogP contribution in [0.4, 0.5) is 0 Å². The Kier molecular flexibility index (Phi) is 4.93. The summed E-state index contributed by atoms with van der Waals surface area (Å²) in [6, 6.07) is 5.00. The van der Waals surface area contributed by atoms with Gasteiger partial charge in [-0.2, -0.15) is 0 Å². The minimum atomic E-state index is -0.421. The topological polar surface area (TPSA) is 81.6 Å². The van der Waals surface area contributed by atoms with Gasteiger partial charge in [0.25, 0.3) is 0 Å². The Morgan fingerprint density at radius 1 is 1.50 bits per heavy atom. The molecule has 7 heteroatoms. The maximum atomic E-state index is 11.4. The van der Waals surface area contributed by atoms with Gasteiger partial charge < -0.3 is 16.2 Å². The van der Waals surface area contributed by atoms with Crippen LogP contribution in [0.1, 0.15) is 11.1 Å². The number of primary amides is 1. The van der Waals surface area contributed by atoms with E-state index in [1.54, 1.807) is 6.07 Å². The summed E-state index contributed by atoms with van der Waals surface area (Å²) >= 11 is 11.1. The molecule has 1 unspecified atom stereocenters. The molecule has 1 fully saturated rings. The molecule has 2 rings (SSSR count). The van der Waals surface area contributed by atoms with E-state index >= 15 is 0 Å². The van der Waals surface area contributed by atoms with E-state index in [4.69, 9.17) is 40.0 Å². The number of rotatable bonds is 4. The minimum absolute atomic E-state index is 0.305. The van der Waals surface area contributed by atoms with Crippen molar-refractivity contribution in [3.63, 3.8) is 0 Å². The van der Waals surface area contributed by atoms with Crippen molar-refractivity contribution in [2.45, 2.75) is 12.6 Å². The number of halogens is 1. The van der Waals surface area contributed by atoms with Crippen LogP contribution in [0.5, 0.6) is 0 Å². The van der Waals surface area contributed by atoms with Crippen LogP contribution in [0.3, 0.4) is 0 Å². The predicted octanol–water partition coefficient (Wildman–Crippen LogP) is 0.660. The van der Waals surface area contributed by atoms with Crippen LogP contribution in [0.2, 0.25) is 5.02 Å². The molecular weight excluding hydrogens is 298 g/mol. The molecule has 1 aliphatic rings. The predicted molar refractivity (Wildman–Crippen MR) is 81.6 cm³/mol. The van der Waals surface area contributed by atoms with Crippen molar-refractivity contribution < 1.29 is 9.53 Å². The largest absolute Gasteiger partial charge is 0.389 e. The van der Waals surface area contributed by atoms with Gasteiger partial charge >= 0.3 is 0 Å². The van der Waals surface area contributed by atoms with Gasteiger partial charge in [0, 0.05) is 23.7 Å². The van der Waals surface area contributed by atoms with Gasteiger partial charge in [-0.1, -0.05) is 36.0 Å². The molecule has 1 heterocycles. The van der Waals surface area contributed by atoms with Gasteiger partial charge in [0.05, 0.1) is 13.2 Å². The molecule has 20 heavy (non-hydrogen) atoms. The summed E-state index contributed by atoms with van der Waals surface area (Å²) in [6.07, 6.45) is 0. The second-order valence-corrected chi connectivity index (χ2v) is 5.48. The number of hydrogen-bond donors (Lipinski definition) is 2. The maximum Gasteiger partial charge on any atom is 0.237 e. The molecule has 0 aliphatic carbocycles. The van der Waals surface area contributed by atoms with E-state index < -0.39 is 6.04 Å². The Labute approximate surface area is 127 Å². The van der Waals surface area contributed by atoms with Gasteiger partial charge in [0.2, 0.25) is 5.91 Å². The van der Waals surface area contributed by atoms with Crippen molar-refractivity contribution in [2.24, 2.45) is 11.5 Å². The highest BCUT2D eigenvalue weighted by atomic mass is 35.5. The van der Waals surface area contributed by atoms with Crippen molar-refractivity contribution in [2.75, 3.05) is 19.8 Å². The highest BCUT2D eigenvalue weighted by molar-refractivity contribution is 7.80. The third kappa shape index (κ3) is 3.46. The number of carbonyl (C=O) groups is 1. The summed E-state index contributed by atoms with van der Waals surface area (Å²) in [5.41, 5.74) is 12.6. The zero-order valence-electron chi connectivity index (χ0n) is 10.8. The molecule has 1 aromatic carbocycles. The average Bonchev–Trinajstić information content (AvgIpc) is 2.41. The summed E-state index contributed by atoms with van der Waals surface area (Å²) in [6.45, 7) is 2.07. The molecular formula is C13H16ClN3O2S. The van der Waals surface area contributed by atoms with Crippen molar-refractivity contribution >= 4 is 34.7 Å². The second-order valence-electron chi connectivity index (χ2n) is 4.63. The zero-order chi connectivity index (χ0) is 14.7. The number of benzene rings is 1. The van der Waals surface area contributed by atoms with Crippen molar-refractivity contribution in [1.29, 1.82) is 0 Å². The number of nitrogens with two attached hydrogens (primary N) is 2. The van der Waals surface area contributed by atoms with E-state index in [1.165, 1.54) is 0 Å². The van der Waals surface area contributed by atoms with Gasteiger partial charge in [-0.15, -0.1) is 0 Å². The molecule has 1 aliphatic heterocycles. The molecule has 0 saturated carbocycles. The highest BCUT2D eigenvalue weighted by Crippen LogP contribution is 2.21. The summed E-state index contributed by atoms with van der Waals surface area (Å²) < 4.78 is 5.28. The van der Waals surface area contributed by atoms with E-state index in [1.807, 2.05) is 17.0 Å². The van der Waals surface area contributed by atoms with Crippen LogP contribution >= 0.6 is 23.8 Å². The normalized spacial score (nSPS) is 19.8. The lowest BCUT2D eigenvalue weighted by molar-refractivity contribution is -0.129. The van der Waals surface area contributed by atoms with E-state index in [2.05, 4.69) is 0 Å². The van der Waals surface area contributed by atoms with Gasteiger partial charge in [-0.3, -0.25) is 9.69 Å². The van der Waals surface area contributed by atoms with E-state index in [0.29, 0.717) is 36.3 Å². The molecule has 0 radical (unpaired) electrons. The molecule has 4 N–H and O–H groups in total. The van der Waals surface area contributed by atoms with E-state index in [0.717, 1.165) is 11.1 Å². The molecule has 0 aromatic heterocycles. The zero-order valence-corrected chi connectivity index (χ0v) is 12.4. The van der Waals surface area contributed by atoms with Gasteiger partial charge in [-0.25, -0.2) is 0 Å². The first-order chi connectivity index (χ1) is 9.49. The smallest absolute Gasteiger partial charge is 0.237 e. The lowest BCUT2D eigenvalue weighted by Crippen LogP contribution is -2.51. The fourth-order valence-corrected chi connectivity index (χ4v) is 2.50. The van der Waals surface area contributed by atoms with E-state index in [-0.39, 0.29) is 5.91 Å². The summed E-state index contributed by atoms with van der Waals surface area (Å²) in [5.74, 6) is -0.388. The number of morpholine rings is 1.